The first-order chi connectivity index (χ1) is 27.9. The van der Waals surface area contributed by atoms with Gasteiger partial charge in [-0.05, 0) is 162 Å². The number of nitrogens with zero attached hydrogens (tertiary/aromatic N) is 1. The van der Waals surface area contributed by atoms with E-state index in [-0.39, 0.29) is 17.5 Å². The van der Waals surface area contributed by atoms with Gasteiger partial charge in [-0.2, -0.15) is 0 Å². The number of ether oxygens (including phenoxy) is 1. The number of aryl methyl sites for hydroxylation is 3. The van der Waals surface area contributed by atoms with Crippen LogP contribution in [0.1, 0.15) is 98.0 Å². The minimum absolute atomic E-state index is 0.00334. The van der Waals surface area contributed by atoms with Gasteiger partial charge < -0.3 is 9.64 Å². The Bertz CT molecular complexity index is 2890. The Labute approximate surface area is 343 Å². The summed E-state index contributed by atoms with van der Waals surface area (Å²) in [5, 5.41) is 0. The number of anilines is 3. The van der Waals surface area contributed by atoms with Crippen molar-refractivity contribution in [3.8, 4) is 33.8 Å². The molecular formula is C55H48BNO. The fraction of sp³-hybridized carbons (Fsp3) is 0.236. The van der Waals surface area contributed by atoms with Gasteiger partial charge in [0, 0.05) is 17.1 Å². The van der Waals surface area contributed by atoms with Crippen LogP contribution in [0, 0.1) is 6.92 Å². The van der Waals surface area contributed by atoms with Crippen LogP contribution in [0.5, 0.6) is 11.5 Å². The minimum atomic E-state index is -0.419. The van der Waals surface area contributed by atoms with E-state index < -0.39 is 5.41 Å². The maximum atomic E-state index is 6.96. The Morgan fingerprint density at radius 2 is 1.16 bits per heavy atom. The molecule has 5 aliphatic rings. The van der Waals surface area contributed by atoms with Crippen LogP contribution in [0.3, 0.4) is 0 Å². The van der Waals surface area contributed by atoms with Gasteiger partial charge >= 0.3 is 0 Å². The molecule has 0 fully saturated rings. The molecule has 12 rings (SSSR count). The fourth-order valence-corrected chi connectivity index (χ4v) is 11.4. The van der Waals surface area contributed by atoms with Crippen LogP contribution in [0.4, 0.5) is 17.1 Å². The first-order valence-corrected chi connectivity index (χ1v) is 21.3. The fourth-order valence-electron chi connectivity index (χ4n) is 11.4. The number of rotatable bonds is 1. The zero-order valence-corrected chi connectivity index (χ0v) is 34.7. The molecule has 0 saturated heterocycles. The molecule has 3 heteroatoms. The molecule has 2 nitrogen and oxygen atoms in total. The smallest absolute Gasteiger partial charge is 0.256 e. The normalized spacial score (nSPS) is 15.8. The van der Waals surface area contributed by atoms with Gasteiger partial charge in [-0.25, -0.2) is 0 Å². The van der Waals surface area contributed by atoms with Crippen molar-refractivity contribution in [2.75, 3.05) is 4.90 Å². The molecule has 0 amide bonds. The molecule has 2 heterocycles. The zero-order valence-electron chi connectivity index (χ0n) is 34.7. The van der Waals surface area contributed by atoms with Gasteiger partial charge in [0.1, 0.15) is 11.5 Å². The standard InChI is InChI=1S/C55H48BNO/c1-32-25-49-52-51(26-32)58-50-24-21-36(54(5,6)7)29-47(50)56(52)46-30-41-40-27-33-13-12-14-34(33)28-44(40)55(42-17-10-8-15-38(42)39-16-9-11-18-43(39)55)45(41)31-48(46)57(49)37-22-19-35(20-23-37)53(2,3)4/h8-11,15-31H,12-14H2,1-7H3. The second kappa shape index (κ2) is 11.4. The predicted molar refractivity (Wildman–Crippen MR) is 243 cm³/mol. The first kappa shape index (κ1) is 34.3. The van der Waals surface area contributed by atoms with Gasteiger partial charge in [-0.15, -0.1) is 0 Å². The largest absolute Gasteiger partial charge is 0.458 e. The Morgan fingerprint density at radius 1 is 0.534 bits per heavy atom. The molecule has 0 bridgehead atoms. The van der Waals surface area contributed by atoms with Crippen LogP contribution >= 0.6 is 0 Å². The Balaban J connectivity index is 1.22. The van der Waals surface area contributed by atoms with E-state index in [9.17, 15) is 0 Å². The van der Waals surface area contributed by atoms with Crippen LogP contribution in [-0.2, 0) is 29.1 Å². The van der Waals surface area contributed by atoms with Gasteiger partial charge in [-0.3, -0.25) is 0 Å². The van der Waals surface area contributed by atoms with Crippen molar-refractivity contribution in [1.82, 2.24) is 0 Å². The molecule has 2 aliphatic heterocycles. The van der Waals surface area contributed by atoms with Crippen molar-refractivity contribution in [3.63, 3.8) is 0 Å². The zero-order chi connectivity index (χ0) is 39.5. The van der Waals surface area contributed by atoms with E-state index in [1.807, 2.05) is 0 Å². The molecule has 7 aromatic rings. The Morgan fingerprint density at radius 3 is 1.84 bits per heavy atom. The lowest BCUT2D eigenvalue weighted by atomic mass is 9.33. The van der Waals surface area contributed by atoms with Crippen molar-refractivity contribution in [3.05, 3.63) is 177 Å². The Kier molecular flexibility index (Phi) is 6.76. The molecule has 1 spiro atoms. The summed E-state index contributed by atoms with van der Waals surface area (Å²) < 4.78 is 6.96. The SMILES string of the molecule is Cc1cc2c3c(c1)N(c1ccc(C(C)(C)C)cc1)c1cc4c(cc1B3c1cc(C(C)(C)C)ccc1O2)-c1cc2c(cc1C41c3ccccc3-c3ccccc31)CCC2. The third-order valence-corrected chi connectivity index (χ3v) is 14.2. The number of benzene rings is 7. The molecule has 3 aliphatic carbocycles. The summed E-state index contributed by atoms with van der Waals surface area (Å²) in [7, 11) is 0. The topological polar surface area (TPSA) is 12.5 Å². The summed E-state index contributed by atoms with van der Waals surface area (Å²) >= 11 is 0. The van der Waals surface area contributed by atoms with Crippen molar-refractivity contribution in [1.29, 1.82) is 0 Å². The predicted octanol–water partition coefficient (Wildman–Crippen LogP) is 11.8. The third-order valence-electron chi connectivity index (χ3n) is 14.2. The molecule has 0 aromatic heterocycles. The molecule has 0 radical (unpaired) electrons. The van der Waals surface area contributed by atoms with Crippen LogP contribution < -0.4 is 26.0 Å². The highest BCUT2D eigenvalue weighted by Gasteiger charge is 2.54. The van der Waals surface area contributed by atoms with Crippen LogP contribution in [0.25, 0.3) is 22.3 Å². The lowest BCUT2D eigenvalue weighted by Gasteiger charge is -2.41. The maximum Gasteiger partial charge on any atom is 0.256 e. The monoisotopic (exact) mass is 749 g/mol. The third kappa shape index (κ3) is 4.45. The number of fused-ring (bicyclic) bond motifs is 15. The van der Waals surface area contributed by atoms with Crippen molar-refractivity contribution in [2.24, 2.45) is 0 Å². The van der Waals surface area contributed by atoms with Gasteiger partial charge in [0.25, 0.3) is 6.71 Å². The molecule has 0 atom stereocenters. The van der Waals surface area contributed by atoms with Gasteiger partial charge in [0.05, 0.1) is 5.41 Å². The van der Waals surface area contributed by atoms with Crippen LogP contribution in [0.2, 0.25) is 0 Å². The minimum Gasteiger partial charge on any atom is -0.458 e. The second-order valence-electron chi connectivity index (χ2n) is 19.7. The number of hydrogen-bond acceptors (Lipinski definition) is 2. The van der Waals surface area contributed by atoms with Crippen molar-refractivity contribution in [2.45, 2.75) is 84.0 Å². The molecule has 0 unspecified atom stereocenters. The van der Waals surface area contributed by atoms with E-state index in [1.54, 1.807) is 0 Å². The average Bonchev–Trinajstić information content (AvgIpc) is 3.87. The molecule has 7 aromatic carbocycles. The summed E-state index contributed by atoms with van der Waals surface area (Å²) in [5.41, 5.74) is 25.1. The van der Waals surface area contributed by atoms with E-state index in [2.05, 4.69) is 181 Å². The van der Waals surface area contributed by atoms with Gasteiger partial charge in [0.15, 0.2) is 0 Å². The highest BCUT2D eigenvalue weighted by molar-refractivity contribution is 6.99. The maximum absolute atomic E-state index is 6.96. The Hall–Kier alpha value is -5.80. The molecular weight excluding hydrogens is 701 g/mol. The molecule has 0 N–H and O–H groups in total. The van der Waals surface area contributed by atoms with Crippen molar-refractivity contribution < 1.29 is 4.74 Å². The van der Waals surface area contributed by atoms with Crippen LogP contribution in [0.15, 0.2) is 127 Å². The lowest BCUT2D eigenvalue weighted by molar-refractivity contribution is 0.486. The summed E-state index contributed by atoms with van der Waals surface area (Å²) in [6.45, 7) is 16.1. The quantitative estimate of drug-likeness (QED) is 0.155. The molecule has 58 heavy (non-hydrogen) atoms. The van der Waals surface area contributed by atoms with Crippen molar-refractivity contribution >= 4 is 40.2 Å². The summed E-state index contributed by atoms with van der Waals surface area (Å²) in [6.07, 6.45) is 3.53. The van der Waals surface area contributed by atoms with Gasteiger partial charge in [0.2, 0.25) is 0 Å². The highest BCUT2D eigenvalue weighted by Crippen LogP contribution is 2.64. The van der Waals surface area contributed by atoms with E-state index in [0.717, 1.165) is 24.3 Å². The van der Waals surface area contributed by atoms with Crippen LogP contribution in [-0.4, -0.2) is 6.71 Å². The van der Waals surface area contributed by atoms with E-state index >= 15 is 0 Å². The van der Waals surface area contributed by atoms with E-state index in [1.165, 1.54) is 112 Å². The lowest BCUT2D eigenvalue weighted by Crippen LogP contribution is -2.59. The second-order valence-corrected chi connectivity index (χ2v) is 19.7. The highest BCUT2D eigenvalue weighted by atomic mass is 16.5. The summed E-state index contributed by atoms with van der Waals surface area (Å²) in [5.74, 6) is 1.93. The summed E-state index contributed by atoms with van der Waals surface area (Å²) in [4.78, 5) is 2.57. The summed E-state index contributed by atoms with van der Waals surface area (Å²) in [6, 6.07) is 49.9. The average molecular weight is 750 g/mol. The number of hydrogen-bond donors (Lipinski definition) is 0. The van der Waals surface area contributed by atoms with Gasteiger partial charge in [-0.1, -0.05) is 133 Å². The molecule has 0 saturated carbocycles. The first-order valence-electron chi connectivity index (χ1n) is 21.3. The van der Waals surface area contributed by atoms with E-state index in [4.69, 9.17) is 4.74 Å². The van der Waals surface area contributed by atoms with E-state index in [0.29, 0.717) is 0 Å². The molecule has 282 valence electrons.